The van der Waals surface area contributed by atoms with E-state index in [0.717, 1.165) is 5.56 Å². The van der Waals surface area contributed by atoms with Gasteiger partial charge < -0.3 is 14.8 Å². The number of para-hydroxylation sites is 3. The highest BCUT2D eigenvalue weighted by molar-refractivity contribution is 5.96. The normalized spacial score (nSPS) is 11.6. The molecule has 0 aliphatic heterocycles. The summed E-state index contributed by atoms with van der Waals surface area (Å²) in [6, 6.07) is 14.7. The maximum Gasteiger partial charge on any atom is 0.235 e. The van der Waals surface area contributed by atoms with Crippen LogP contribution in [-0.2, 0) is 11.2 Å². The maximum atomic E-state index is 13.0. The Labute approximate surface area is 150 Å². The van der Waals surface area contributed by atoms with Gasteiger partial charge in [0.05, 0.1) is 19.9 Å². The van der Waals surface area contributed by atoms with Gasteiger partial charge in [-0.1, -0.05) is 35.5 Å². The molecule has 1 amide bonds. The predicted octanol–water partition coefficient (Wildman–Crippen LogP) is 2.18. The van der Waals surface area contributed by atoms with Crippen molar-refractivity contribution in [2.24, 2.45) is 0 Å². The number of benzene rings is 2. The molecule has 0 aliphatic rings. The summed E-state index contributed by atoms with van der Waals surface area (Å²) in [6.07, 6.45) is 0.366. The van der Waals surface area contributed by atoms with Crippen LogP contribution >= 0.6 is 0 Å². The number of hydrogen-bond donors (Lipinski definition) is 2. The second-order valence-electron chi connectivity index (χ2n) is 5.53. The molecule has 0 fully saturated rings. The summed E-state index contributed by atoms with van der Waals surface area (Å²) >= 11 is 0. The summed E-state index contributed by atoms with van der Waals surface area (Å²) in [6.45, 7) is 0. The van der Waals surface area contributed by atoms with E-state index in [2.05, 4.69) is 25.9 Å². The third-order valence-electron chi connectivity index (χ3n) is 3.97. The topological polar surface area (TPSA) is 102 Å². The minimum absolute atomic E-state index is 0.262. The third-order valence-corrected chi connectivity index (χ3v) is 3.97. The molecule has 26 heavy (non-hydrogen) atoms. The van der Waals surface area contributed by atoms with E-state index >= 15 is 0 Å². The zero-order valence-electron chi connectivity index (χ0n) is 14.5. The van der Waals surface area contributed by atoms with Crippen LogP contribution in [0.2, 0.25) is 0 Å². The van der Waals surface area contributed by atoms with Crippen molar-refractivity contribution in [3.63, 3.8) is 0 Å². The molecule has 3 rings (SSSR count). The van der Waals surface area contributed by atoms with E-state index in [4.69, 9.17) is 9.47 Å². The SMILES string of the molecule is COc1ccccc1CC(C(=O)Nc1ccccc1OC)c1nn[nH]n1. The third kappa shape index (κ3) is 3.80. The number of nitrogens with zero attached hydrogens (tertiary/aromatic N) is 3. The summed E-state index contributed by atoms with van der Waals surface area (Å²) in [5, 5.41) is 16.8. The molecule has 1 aromatic heterocycles. The number of aromatic nitrogens is 4. The van der Waals surface area contributed by atoms with Gasteiger partial charge in [0.25, 0.3) is 0 Å². The summed E-state index contributed by atoms with van der Waals surface area (Å²) in [5.74, 6) is 0.677. The molecule has 1 heterocycles. The van der Waals surface area contributed by atoms with E-state index < -0.39 is 5.92 Å². The number of rotatable bonds is 7. The Bertz CT molecular complexity index is 867. The number of carbonyl (C=O) groups excluding carboxylic acids is 1. The largest absolute Gasteiger partial charge is 0.496 e. The van der Waals surface area contributed by atoms with Crippen molar-refractivity contribution < 1.29 is 14.3 Å². The molecular weight excluding hydrogens is 334 g/mol. The Morgan fingerprint density at radius 1 is 1.08 bits per heavy atom. The van der Waals surface area contributed by atoms with Crippen LogP contribution in [0.3, 0.4) is 0 Å². The number of carbonyl (C=O) groups is 1. The van der Waals surface area contributed by atoms with Gasteiger partial charge >= 0.3 is 0 Å². The van der Waals surface area contributed by atoms with Gasteiger partial charge in [0, 0.05) is 0 Å². The van der Waals surface area contributed by atoms with Gasteiger partial charge in [-0.25, -0.2) is 0 Å². The molecule has 0 saturated heterocycles. The second-order valence-corrected chi connectivity index (χ2v) is 5.53. The van der Waals surface area contributed by atoms with Gasteiger partial charge in [0.15, 0.2) is 5.82 Å². The predicted molar refractivity (Wildman–Crippen MR) is 95.2 cm³/mol. The van der Waals surface area contributed by atoms with Crippen LogP contribution in [0, 0.1) is 0 Å². The van der Waals surface area contributed by atoms with E-state index in [9.17, 15) is 4.79 Å². The maximum absolute atomic E-state index is 13.0. The van der Waals surface area contributed by atoms with Crippen molar-refractivity contribution in [2.75, 3.05) is 19.5 Å². The van der Waals surface area contributed by atoms with E-state index in [1.54, 1.807) is 26.4 Å². The summed E-state index contributed by atoms with van der Waals surface area (Å²) in [4.78, 5) is 13.0. The molecular formula is C18H19N5O3. The zero-order valence-corrected chi connectivity index (χ0v) is 14.5. The first-order valence-electron chi connectivity index (χ1n) is 8.02. The molecule has 134 valence electrons. The van der Waals surface area contributed by atoms with Crippen LogP contribution in [0.4, 0.5) is 5.69 Å². The monoisotopic (exact) mass is 353 g/mol. The number of ether oxygens (including phenoxy) is 2. The Kier molecular flexibility index (Phi) is 5.43. The van der Waals surface area contributed by atoms with Crippen LogP contribution in [-0.4, -0.2) is 40.8 Å². The van der Waals surface area contributed by atoms with Crippen molar-refractivity contribution in [3.05, 3.63) is 59.9 Å². The Morgan fingerprint density at radius 3 is 2.46 bits per heavy atom. The Balaban J connectivity index is 1.88. The van der Waals surface area contributed by atoms with Gasteiger partial charge in [0.2, 0.25) is 5.91 Å². The van der Waals surface area contributed by atoms with Crippen molar-refractivity contribution in [1.82, 2.24) is 20.6 Å². The van der Waals surface area contributed by atoms with Crippen LogP contribution in [0.5, 0.6) is 11.5 Å². The molecule has 0 saturated carbocycles. The number of amides is 1. The van der Waals surface area contributed by atoms with Crippen molar-refractivity contribution >= 4 is 11.6 Å². The zero-order chi connectivity index (χ0) is 18.4. The Morgan fingerprint density at radius 2 is 1.77 bits per heavy atom. The average Bonchev–Trinajstić information content (AvgIpc) is 3.21. The smallest absolute Gasteiger partial charge is 0.235 e. The number of H-pyrrole nitrogens is 1. The molecule has 8 heteroatoms. The second kappa shape index (κ2) is 8.11. The number of hydrogen-bond acceptors (Lipinski definition) is 6. The van der Waals surface area contributed by atoms with Gasteiger partial charge in [0.1, 0.15) is 17.4 Å². The lowest BCUT2D eigenvalue weighted by atomic mass is 9.97. The number of tetrazole rings is 1. The molecule has 0 radical (unpaired) electrons. The molecule has 0 spiro atoms. The van der Waals surface area contributed by atoms with E-state index in [0.29, 0.717) is 29.4 Å². The van der Waals surface area contributed by atoms with Crippen molar-refractivity contribution in [2.45, 2.75) is 12.3 Å². The van der Waals surface area contributed by atoms with Gasteiger partial charge in [-0.3, -0.25) is 4.79 Å². The highest BCUT2D eigenvalue weighted by Gasteiger charge is 2.27. The highest BCUT2D eigenvalue weighted by Crippen LogP contribution is 2.28. The van der Waals surface area contributed by atoms with Crippen molar-refractivity contribution in [3.8, 4) is 11.5 Å². The van der Waals surface area contributed by atoms with Crippen LogP contribution < -0.4 is 14.8 Å². The molecule has 2 aromatic carbocycles. The molecule has 8 nitrogen and oxygen atoms in total. The van der Waals surface area contributed by atoms with E-state index in [1.165, 1.54) is 0 Å². The molecule has 0 bridgehead atoms. The van der Waals surface area contributed by atoms with E-state index in [-0.39, 0.29) is 5.91 Å². The fourth-order valence-corrected chi connectivity index (χ4v) is 2.68. The number of anilines is 1. The van der Waals surface area contributed by atoms with Gasteiger partial charge in [-0.2, -0.15) is 5.21 Å². The molecule has 1 atom stereocenters. The minimum atomic E-state index is -0.644. The number of aromatic amines is 1. The lowest BCUT2D eigenvalue weighted by Crippen LogP contribution is -2.24. The standard InChI is InChI=1S/C18H19N5O3/c1-25-15-9-5-3-7-12(15)11-13(17-20-22-23-21-17)18(24)19-14-8-4-6-10-16(14)26-2/h3-10,13H,11H2,1-2H3,(H,19,24)(H,20,21,22,23). The van der Waals surface area contributed by atoms with Crippen LogP contribution in [0.1, 0.15) is 17.3 Å². The lowest BCUT2D eigenvalue weighted by Gasteiger charge is -2.16. The van der Waals surface area contributed by atoms with Gasteiger partial charge in [-0.15, -0.1) is 10.2 Å². The molecule has 3 aromatic rings. The Hall–Kier alpha value is -3.42. The molecule has 1 unspecified atom stereocenters. The van der Waals surface area contributed by atoms with Gasteiger partial charge in [-0.05, 0) is 30.2 Å². The lowest BCUT2D eigenvalue weighted by molar-refractivity contribution is -0.117. The van der Waals surface area contributed by atoms with Crippen LogP contribution in [0.25, 0.3) is 0 Å². The first-order valence-corrected chi connectivity index (χ1v) is 8.02. The summed E-state index contributed by atoms with van der Waals surface area (Å²) < 4.78 is 10.7. The van der Waals surface area contributed by atoms with Crippen molar-refractivity contribution in [1.29, 1.82) is 0 Å². The highest BCUT2D eigenvalue weighted by atomic mass is 16.5. The minimum Gasteiger partial charge on any atom is -0.496 e. The number of nitrogens with one attached hydrogen (secondary N) is 2. The summed E-state index contributed by atoms with van der Waals surface area (Å²) in [7, 11) is 3.15. The molecule has 2 N–H and O–H groups in total. The number of methoxy groups -OCH3 is 2. The first-order chi connectivity index (χ1) is 12.7. The van der Waals surface area contributed by atoms with E-state index in [1.807, 2.05) is 36.4 Å². The quantitative estimate of drug-likeness (QED) is 0.675. The fourth-order valence-electron chi connectivity index (χ4n) is 2.68. The molecule has 0 aliphatic carbocycles. The average molecular weight is 353 g/mol. The van der Waals surface area contributed by atoms with Crippen LogP contribution in [0.15, 0.2) is 48.5 Å². The first kappa shape index (κ1) is 17.4. The summed E-state index contributed by atoms with van der Waals surface area (Å²) in [5.41, 5.74) is 1.45. The fraction of sp³-hybridized carbons (Fsp3) is 0.222.